The van der Waals surface area contributed by atoms with E-state index in [2.05, 4.69) is 10.2 Å². The maximum Gasteiger partial charge on any atom is 0.252 e. The van der Waals surface area contributed by atoms with Crippen LogP contribution in [-0.2, 0) is 16.4 Å². The number of hydrogen-bond acceptors (Lipinski definition) is 5. The SMILES string of the molecule is CCN(CCCN(C)C)S(=O)(=O)c1ccc(CCNC)s1. The quantitative estimate of drug-likeness (QED) is 0.704. The zero-order valence-corrected chi connectivity index (χ0v) is 15.1. The summed E-state index contributed by atoms with van der Waals surface area (Å²) in [6.45, 7) is 4.73. The molecule has 0 unspecified atom stereocenters. The van der Waals surface area contributed by atoms with Crippen molar-refractivity contribution in [2.75, 3.05) is 47.3 Å². The van der Waals surface area contributed by atoms with Crippen LogP contribution in [0.3, 0.4) is 0 Å². The summed E-state index contributed by atoms with van der Waals surface area (Å²) in [7, 11) is 2.55. The third-order valence-electron chi connectivity index (χ3n) is 3.22. The predicted octanol–water partition coefficient (Wildman–Crippen LogP) is 1.47. The number of rotatable bonds is 10. The highest BCUT2D eigenvalue weighted by Gasteiger charge is 2.24. The molecule has 0 fully saturated rings. The van der Waals surface area contributed by atoms with E-state index in [0.29, 0.717) is 17.3 Å². The number of sulfonamides is 1. The molecule has 0 saturated carbocycles. The second-order valence-corrected chi connectivity index (χ2v) is 8.56. The van der Waals surface area contributed by atoms with Gasteiger partial charge >= 0.3 is 0 Å². The zero-order valence-electron chi connectivity index (χ0n) is 13.4. The Bertz CT molecular complexity index is 512. The van der Waals surface area contributed by atoms with E-state index < -0.39 is 10.0 Å². The number of thiophene rings is 1. The standard InChI is InChI=1S/C14H27N3O2S2/c1-5-17(12-6-11-16(3)4)21(18,19)14-8-7-13(20-14)9-10-15-2/h7-8,15H,5-6,9-12H2,1-4H3. The molecule has 1 aromatic rings. The zero-order chi connectivity index (χ0) is 15.9. The highest BCUT2D eigenvalue weighted by molar-refractivity contribution is 7.91. The summed E-state index contributed by atoms with van der Waals surface area (Å²) in [6, 6.07) is 3.65. The maximum atomic E-state index is 12.6. The molecule has 0 aliphatic carbocycles. The van der Waals surface area contributed by atoms with Crippen molar-refractivity contribution in [2.24, 2.45) is 0 Å². The van der Waals surface area contributed by atoms with Crippen LogP contribution in [0.5, 0.6) is 0 Å². The van der Waals surface area contributed by atoms with E-state index in [1.165, 1.54) is 11.3 Å². The van der Waals surface area contributed by atoms with Gasteiger partial charge in [0.05, 0.1) is 0 Å². The molecule has 0 atom stereocenters. The second kappa shape index (κ2) is 8.85. The van der Waals surface area contributed by atoms with Gasteiger partial charge in [-0.1, -0.05) is 6.92 Å². The fourth-order valence-corrected chi connectivity index (χ4v) is 5.02. The van der Waals surface area contributed by atoms with Gasteiger partial charge in [0.1, 0.15) is 4.21 Å². The average molecular weight is 334 g/mol. The Morgan fingerprint density at radius 2 is 1.95 bits per heavy atom. The Kier molecular flexibility index (Phi) is 7.83. The molecule has 0 aliphatic heterocycles. The van der Waals surface area contributed by atoms with Crippen LogP contribution in [-0.4, -0.2) is 64.9 Å². The highest BCUT2D eigenvalue weighted by Crippen LogP contribution is 2.25. The van der Waals surface area contributed by atoms with Crippen LogP contribution >= 0.6 is 11.3 Å². The summed E-state index contributed by atoms with van der Waals surface area (Å²) in [5, 5.41) is 3.08. The van der Waals surface area contributed by atoms with E-state index in [1.807, 2.05) is 34.1 Å². The van der Waals surface area contributed by atoms with Crippen molar-refractivity contribution in [1.82, 2.24) is 14.5 Å². The Balaban J connectivity index is 2.74. The molecule has 5 nitrogen and oxygen atoms in total. The van der Waals surface area contributed by atoms with Crippen LogP contribution in [0.1, 0.15) is 18.2 Å². The van der Waals surface area contributed by atoms with Gasteiger partial charge in [0.15, 0.2) is 0 Å². The second-order valence-electron chi connectivity index (χ2n) is 5.23. The number of nitrogens with zero attached hydrogens (tertiary/aromatic N) is 2. The molecule has 0 radical (unpaired) electrons. The van der Waals surface area contributed by atoms with E-state index in [1.54, 1.807) is 10.4 Å². The molecule has 21 heavy (non-hydrogen) atoms. The molecule has 7 heteroatoms. The minimum atomic E-state index is -3.34. The molecule has 0 amide bonds. The van der Waals surface area contributed by atoms with Crippen molar-refractivity contribution in [3.05, 3.63) is 17.0 Å². The fraction of sp³-hybridized carbons (Fsp3) is 0.714. The minimum absolute atomic E-state index is 0.459. The van der Waals surface area contributed by atoms with Gasteiger partial charge in [-0.25, -0.2) is 8.42 Å². The van der Waals surface area contributed by atoms with E-state index >= 15 is 0 Å². The van der Waals surface area contributed by atoms with Crippen molar-refractivity contribution in [3.63, 3.8) is 0 Å². The van der Waals surface area contributed by atoms with Gasteiger partial charge < -0.3 is 10.2 Å². The molecule has 1 aromatic heterocycles. The molecular formula is C14H27N3O2S2. The first-order chi connectivity index (χ1) is 9.91. The molecule has 0 aromatic carbocycles. The largest absolute Gasteiger partial charge is 0.319 e. The summed E-state index contributed by atoms with van der Waals surface area (Å²) in [5.74, 6) is 0. The summed E-state index contributed by atoms with van der Waals surface area (Å²) in [5.41, 5.74) is 0. The Morgan fingerprint density at radius 3 is 2.52 bits per heavy atom. The Hall–Kier alpha value is -0.470. The van der Waals surface area contributed by atoms with E-state index in [-0.39, 0.29) is 0 Å². The first-order valence-electron chi connectivity index (χ1n) is 7.30. The predicted molar refractivity (Wildman–Crippen MR) is 89.6 cm³/mol. The van der Waals surface area contributed by atoms with Gasteiger partial charge in [-0.3, -0.25) is 0 Å². The lowest BCUT2D eigenvalue weighted by molar-refractivity contribution is 0.356. The Labute approximate surface area is 133 Å². The summed E-state index contributed by atoms with van der Waals surface area (Å²) in [6.07, 6.45) is 1.71. The lowest BCUT2D eigenvalue weighted by Gasteiger charge is -2.20. The fourth-order valence-electron chi connectivity index (χ4n) is 2.02. The van der Waals surface area contributed by atoms with Crippen LogP contribution in [0.4, 0.5) is 0 Å². The van der Waals surface area contributed by atoms with Crippen LogP contribution in [0.15, 0.2) is 16.3 Å². The van der Waals surface area contributed by atoms with Gasteiger partial charge in [0.25, 0.3) is 10.0 Å². The van der Waals surface area contributed by atoms with Crippen LogP contribution < -0.4 is 5.32 Å². The van der Waals surface area contributed by atoms with Crippen molar-refractivity contribution >= 4 is 21.4 Å². The molecule has 1 heterocycles. The first kappa shape index (κ1) is 18.6. The molecule has 0 saturated heterocycles. The monoisotopic (exact) mass is 333 g/mol. The maximum absolute atomic E-state index is 12.6. The summed E-state index contributed by atoms with van der Waals surface area (Å²) < 4.78 is 27.3. The third kappa shape index (κ3) is 5.67. The number of nitrogens with one attached hydrogen (secondary N) is 1. The molecule has 0 aliphatic rings. The average Bonchev–Trinajstić information content (AvgIpc) is 2.90. The molecule has 1 rings (SSSR count). The molecule has 122 valence electrons. The summed E-state index contributed by atoms with van der Waals surface area (Å²) in [4.78, 5) is 3.17. The molecule has 0 spiro atoms. The van der Waals surface area contributed by atoms with Crippen LogP contribution in [0.25, 0.3) is 0 Å². The van der Waals surface area contributed by atoms with E-state index in [4.69, 9.17) is 0 Å². The molecular weight excluding hydrogens is 306 g/mol. The minimum Gasteiger partial charge on any atom is -0.319 e. The number of likely N-dealkylation sites (N-methyl/N-ethyl adjacent to an activating group) is 1. The van der Waals surface area contributed by atoms with Crippen molar-refractivity contribution in [1.29, 1.82) is 0 Å². The third-order valence-corrected chi connectivity index (χ3v) is 6.80. The highest BCUT2D eigenvalue weighted by atomic mass is 32.2. The van der Waals surface area contributed by atoms with Crippen molar-refractivity contribution < 1.29 is 8.42 Å². The van der Waals surface area contributed by atoms with E-state index in [0.717, 1.165) is 30.8 Å². The van der Waals surface area contributed by atoms with Gasteiger partial charge in [0, 0.05) is 18.0 Å². The van der Waals surface area contributed by atoms with Gasteiger partial charge in [-0.05, 0) is 59.2 Å². The Morgan fingerprint density at radius 1 is 1.24 bits per heavy atom. The molecule has 0 bridgehead atoms. The van der Waals surface area contributed by atoms with Crippen molar-refractivity contribution in [2.45, 2.75) is 24.0 Å². The molecule has 1 N–H and O–H groups in total. The van der Waals surface area contributed by atoms with Gasteiger partial charge in [-0.15, -0.1) is 11.3 Å². The van der Waals surface area contributed by atoms with Gasteiger partial charge in [-0.2, -0.15) is 4.31 Å². The topological polar surface area (TPSA) is 52.7 Å². The number of hydrogen-bond donors (Lipinski definition) is 1. The normalized spacial score (nSPS) is 12.5. The lowest BCUT2D eigenvalue weighted by Crippen LogP contribution is -2.32. The first-order valence-corrected chi connectivity index (χ1v) is 9.55. The smallest absolute Gasteiger partial charge is 0.252 e. The van der Waals surface area contributed by atoms with Gasteiger partial charge in [0.2, 0.25) is 0 Å². The van der Waals surface area contributed by atoms with Crippen LogP contribution in [0.2, 0.25) is 0 Å². The summed E-state index contributed by atoms with van der Waals surface area (Å²) >= 11 is 1.38. The van der Waals surface area contributed by atoms with Crippen LogP contribution in [0, 0.1) is 0 Å². The van der Waals surface area contributed by atoms with Crippen molar-refractivity contribution in [3.8, 4) is 0 Å². The van der Waals surface area contributed by atoms with E-state index in [9.17, 15) is 8.42 Å². The lowest BCUT2D eigenvalue weighted by atomic mass is 10.3.